The van der Waals surface area contributed by atoms with E-state index >= 15 is 0 Å². The van der Waals surface area contributed by atoms with Crippen LogP contribution in [0, 0.1) is 13.8 Å². The average Bonchev–Trinajstić information content (AvgIpc) is 2.79. The maximum absolute atomic E-state index is 12.1. The van der Waals surface area contributed by atoms with Crippen molar-refractivity contribution in [2.75, 3.05) is 19.5 Å². The third kappa shape index (κ3) is 3.34. The zero-order valence-electron chi connectivity index (χ0n) is 12.6. The van der Waals surface area contributed by atoms with Crippen LogP contribution >= 0.6 is 0 Å². The number of carbonyl (C=O) groups excluding carboxylic acids is 1. The standard InChI is InChI=1S/C15H19N3O3/c1-9-15(10(2)18-17-9)16-14(19)8-11-5-6-12(20-3)13(7-11)21-4/h5-7H,8H2,1-4H3,(H,16,19)(H,17,18). The molecule has 1 aromatic heterocycles. The van der Waals surface area contributed by atoms with E-state index in [0.29, 0.717) is 11.5 Å². The van der Waals surface area contributed by atoms with E-state index in [1.165, 1.54) is 0 Å². The third-order valence-electron chi connectivity index (χ3n) is 3.21. The Hall–Kier alpha value is -2.50. The quantitative estimate of drug-likeness (QED) is 0.885. The normalized spacial score (nSPS) is 10.3. The molecule has 0 radical (unpaired) electrons. The van der Waals surface area contributed by atoms with E-state index in [2.05, 4.69) is 15.5 Å². The van der Waals surface area contributed by atoms with Crippen molar-refractivity contribution in [1.82, 2.24) is 10.2 Å². The van der Waals surface area contributed by atoms with Gasteiger partial charge in [0.25, 0.3) is 0 Å². The lowest BCUT2D eigenvalue weighted by molar-refractivity contribution is -0.115. The summed E-state index contributed by atoms with van der Waals surface area (Å²) in [6.45, 7) is 3.71. The molecular formula is C15H19N3O3. The fourth-order valence-electron chi connectivity index (χ4n) is 2.09. The summed E-state index contributed by atoms with van der Waals surface area (Å²) in [7, 11) is 3.15. The van der Waals surface area contributed by atoms with Crippen LogP contribution in [0.2, 0.25) is 0 Å². The zero-order valence-corrected chi connectivity index (χ0v) is 12.6. The van der Waals surface area contributed by atoms with E-state index < -0.39 is 0 Å². The smallest absolute Gasteiger partial charge is 0.228 e. The molecule has 6 heteroatoms. The number of ether oxygens (including phenoxy) is 2. The second-order valence-electron chi connectivity index (χ2n) is 4.72. The van der Waals surface area contributed by atoms with Gasteiger partial charge in [-0.15, -0.1) is 0 Å². The highest BCUT2D eigenvalue weighted by Gasteiger charge is 2.12. The fourth-order valence-corrected chi connectivity index (χ4v) is 2.09. The van der Waals surface area contributed by atoms with Crippen molar-refractivity contribution in [2.24, 2.45) is 0 Å². The summed E-state index contributed by atoms with van der Waals surface area (Å²) in [5.41, 5.74) is 3.20. The highest BCUT2D eigenvalue weighted by atomic mass is 16.5. The number of hydrogen-bond donors (Lipinski definition) is 2. The Labute approximate surface area is 123 Å². The Morgan fingerprint density at radius 2 is 1.95 bits per heavy atom. The van der Waals surface area contributed by atoms with Crippen LogP contribution < -0.4 is 14.8 Å². The summed E-state index contributed by atoms with van der Waals surface area (Å²) in [4.78, 5) is 12.1. The molecule has 1 aromatic carbocycles. The van der Waals surface area contributed by atoms with Gasteiger partial charge in [0, 0.05) is 0 Å². The lowest BCUT2D eigenvalue weighted by Gasteiger charge is -2.10. The number of H-pyrrole nitrogens is 1. The van der Waals surface area contributed by atoms with E-state index in [4.69, 9.17) is 9.47 Å². The second-order valence-corrected chi connectivity index (χ2v) is 4.72. The Morgan fingerprint density at radius 1 is 1.24 bits per heavy atom. The molecule has 21 heavy (non-hydrogen) atoms. The first-order valence-electron chi connectivity index (χ1n) is 6.57. The minimum atomic E-state index is -0.102. The topological polar surface area (TPSA) is 76.2 Å². The minimum Gasteiger partial charge on any atom is -0.493 e. The van der Waals surface area contributed by atoms with Gasteiger partial charge >= 0.3 is 0 Å². The van der Waals surface area contributed by atoms with Crippen molar-refractivity contribution >= 4 is 11.6 Å². The first kappa shape index (κ1) is 14.9. The number of amides is 1. The first-order valence-corrected chi connectivity index (χ1v) is 6.57. The molecule has 0 aliphatic carbocycles. The number of hydrogen-bond acceptors (Lipinski definition) is 4. The first-order chi connectivity index (χ1) is 10.0. The van der Waals surface area contributed by atoms with Crippen molar-refractivity contribution in [2.45, 2.75) is 20.3 Å². The number of aromatic nitrogens is 2. The Bertz CT molecular complexity index is 630. The highest BCUT2D eigenvalue weighted by molar-refractivity contribution is 5.93. The van der Waals surface area contributed by atoms with Crippen molar-refractivity contribution in [3.8, 4) is 11.5 Å². The average molecular weight is 289 g/mol. The largest absolute Gasteiger partial charge is 0.493 e. The lowest BCUT2D eigenvalue weighted by atomic mass is 10.1. The monoisotopic (exact) mass is 289 g/mol. The summed E-state index contributed by atoms with van der Waals surface area (Å²) in [5.74, 6) is 1.15. The molecule has 2 rings (SSSR count). The maximum Gasteiger partial charge on any atom is 0.228 e. The zero-order chi connectivity index (χ0) is 15.4. The molecule has 0 bridgehead atoms. The van der Waals surface area contributed by atoms with Gasteiger partial charge in [-0.2, -0.15) is 5.10 Å². The van der Waals surface area contributed by atoms with Gasteiger partial charge in [0.1, 0.15) is 0 Å². The van der Waals surface area contributed by atoms with Gasteiger partial charge in [-0.3, -0.25) is 9.89 Å². The SMILES string of the molecule is COc1ccc(CC(=O)Nc2c(C)n[nH]c2C)cc1OC. The molecule has 112 valence electrons. The number of carbonyl (C=O) groups is 1. The summed E-state index contributed by atoms with van der Waals surface area (Å²) in [6.07, 6.45) is 0.254. The lowest BCUT2D eigenvalue weighted by Crippen LogP contribution is -2.15. The number of anilines is 1. The number of aryl methyl sites for hydroxylation is 2. The Kier molecular flexibility index (Phi) is 4.47. The number of aromatic amines is 1. The molecule has 0 aliphatic rings. The van der Waals surface area contributed by atoms with E-state index in [1.54, 1.807) is 26.4 Å². The molecule has 6 nitrogen and oxygen atoms in total. The second kappa shape index (κ2) is 6.30. The van der Waals surface area contributed by atoms with Crippen LogP contribution in [0.3, 0.4) is 0 Å². The number of nitrogens with zero attached hydrogens (tertiary/aromatic N) is 1. The highest BCUT2D eigenvalue weighted by Crippen LogP contribution is 2.27. The van der Waals surface area contributed by atoms with Crippen LogP contribution in [0.4, 0.5) is 5.69 Å². The van der Waals surface area contributed by atoms with Crippen LogP contribution in [-0.2, 0) is 11.2 Å². The molecule has 1 amide bonds. The van der Waals surface area contributed by atoms with Crippen LogP contribution in [0.1, 0.15) is 17.0 Å². The van der Waals surface area contributed by atoms with Crippen LogP contribution in [0.5, 0.6) is 11.5 Å². The molecule has 1 heterocycles. The molecule has 0 unspecified atom stereocenters. The Balaban J connectivity index is 2.09. The molecule has 0 saturated carbocycles. The van der Waals surface area contributed by atoms with Crippen molar-refractivity contribution in [3.05, 3.63) is 35.2 Å². The van der Waals surface area contributed by atoms with Crippen LogP contribution in [0.15, 0.2) is 18.2 Å². The van der Waals surface area contributed by atoms with Gasteiger partial charge in [0.15, 0.2) is 11.5 Å². The van der Waals surface area contributed by atoms with Gasteiger partial charge in [-0.05, 0) is 31.5 Å². The number of benzene rings is 1. The van der Waals surface area contributed by atoms with Gasteiger partial charge in [0.2, 0.25) is 5.91 Å². The van der Waals surface area contributed by atoms with Crippen molar-refractivity contribution in [1.29, 1.82) is 0 Å². The van der Waals surface area contributed by atoms with Gasteiger partial charge in [0.05, 0.1) is 37.7 Å². The van der Waals surface area contributed by atoms with E-state index in [1.807, 2.05) is 19.9 Å². The molecule has 2 aromatic rings. The van der Waals surface area contributed by atoms with Gasteiger partial charge < -0.3 is 14.8 Å². The predicted molar refractivity (Wildman–Crippen MR) is 79.9 cm³/mol. The molecule has 0 atom stereocenters. The summed E-state index contributed by atoms with van der Waals surface area (Å²) < 4.78 is 10.4. The molecular weight excluding hydrogens is 270 g/mol. The van der Waals surface area contributed by atoms with Crippen LogP contribution in [0.25, 0.3) is 0 Å². The Morgan fingerprint density at radius 3 is 2.52 bits per heavy atom. The molecule has 0 spiro atoms. The summed E-state index contributed by atoms with van der Waals surface area (Å²) in [6, 6.07) is 5.43. The van der Waals surface area contributed by atoms with E-state index in [0.717, 1.165) is 22.6 Å². The van der Waals surface area contributed by atoms with E-state index in [-0.39, 0.29) is 12.3 Å². The molecule has 0 fully saturated rings. The third-order valence-corrected chi connectivity index (χ3v) is 3.21. The molecule has 0 saturated heterocycles. The van der Waals surface area contributed by atoms with Gasteiger partial charge in [-0.1, -0.05) is 6.07 Å². The predicted octanol–water partition coefficient (Wildman–Crippen LogP) is 2.22. The number of methoxy groups -OCH3 is 2. The summed E-state index contributed by atoms with van der Waals surface area (Å²) in [5, 5.41) is 9.76. The minimum absolute atomic E-state index is 0.102. The molecule has 0 aliphatic heterocycles. The van der Waals surface area contributed by atoms with Crippen LogP contribution in [-0.4, -0.2) is 30.3 Å². The fraction of sp³-hybridized carbons (Fsp3) is 0.333. The van der Waals surface area contributed by atoms with Crippen molar-refractivity contribution < 1.29 is 14.3 Å². The summed E-state index contributed by atoms with van der Waals surface area (Å²) >= 11 is 0. The van der Waals surface area contributed by atoms with Gasteiger partial charge in [-0.25, -0.2) is 0 Å². The number of nitrogens with one attached hydrogen (secondary N) is 2. The van der Waals surface area contributed by atoms with E-state index in [9.17, 15) is 4.79 Å². The molecule has 2 N–H and O–H groups in total. The number of rotatable bonds is 5. The van der Waals surface area contributed by atoms with Crippen molar-refractivity contribution in [3.63, 3.8) is 0 Å². The maximum atomic E-state index is 12.1.